The average Bonchev–Trinajstić information content (AvgIpc) is 3.24. The molecule has 3 nitrogen and oxygen atoms in total. The van der Waals surface area contributed by atoms with E-state index in [9.17, 15) is 4.79 Å². The number of unbranched alkanes of at least 4 members (excludes halogenated alkanes) is 5. The van der Waals surface area contributed by atoms with Crippen molar-refractivity contribution in [1.82, 2.24) is 0 Å². The molecule has 5 rings (SSSR count). The molecule has 4 aliphatic carbocycles. The zero-order chi connectivity index (χ0) is 26.8. The Kier molecular flexibility index (Phi) is 8.60. The van der Waals surface area contributed by atoms with Crippen molar-refractivity contribution in [3.63, 3.8) is 0 Å². The van der Waals surface area contributed by atoms with Gasteiger partial charge in [0.15, 0.2) is 0 Å². The van der Waals surface area contributed by atoms with Crippen molar-refractivity contribution in [2.75, 3.05) is 0 Å². The van der Waals surface area contributed by atoms with E-state index < -0.39 is 6.16 Å². The Morgan fingerprint density at radius 2 is 1.74 bits per heavy atom. The molecule has 7 atom stereocenters. The molecule has 0 saturated heterocycles. The fourth-order valence-corrected chi connectivity index (χ4v) is 9.40. The number of benzene rings is 1. The summed E-state index contributed by atoms with van der Waals surface area (Å²) in [5.74, 6) is 4.09. The van der Waals surface area contributed by atoms with Gasteiger partial charge in [0, 0.05) is 6.42 Å². The predicted octanol–water partition coefficient (Wildman–Crippen LogP) is 10.2. The van der Waals surface area contributed by atoms with E-state index in [-0.39, 0.29) is 11.5 Å². The number of rotatable bonds is 9. The van der Waals surface area contributed by atoms with Gasteiger partial charge in [0.05, 0.1) is 0 Å². The van der Waals surface area contributed by atoms with Crippen LogP contribution in [0.1, 0.15) is 123 Å². The van der Waals surface area contributed by atoms with Gasteiger partial charge in [0.25, 0.3) is 0 Å². The number of hydrogen-bond acceptors (Lipinski definition) is 3. The standard InChI is InChI=1S/C35H52O3/c1-5-6-7-8-9-10-14-26-17-19-30-29-18-16-27-24-28(37-33(36)38-32-15-12-11-13-25(32)2)20-22-35(27,4)31(29)21-23-34(26,30)3/h11-13,15-16,26,28-31H,5-10,14,17-24H2,1-4H3/t26-,28+,29-,30-,31-,34-,35+/m1/s1. The Morgan fingerprint density at radius 3 is 2.55 bits per heavy atom. The van der Waals surface area contributed by atoms with Gasteiger partial charge in [0.2, 0.25) is 0 Å². The first-order valence-electron chi connectivity index (χ1n) is 16.0. The second-order valence-electron chi connectivity index (χ2n) is 13.7. The van der Waals surface area contributed by atoms with E-state index in [1.54, 1.807) is 5.57 Å². The van der Waals surface area contributed by atoms with E-state index in [0.717, 1.165) is 48.5 Å². The van der Waals surface area contributed by atoms with Crippen LogP contribution in [0.15, 0.2) is 35.9 Å². The maximum absolute atomic E-state index is 12.6. The first kappa shape index (κ1) is 27.8. The van der Waals surface area contributed by atoms with E-state index in [0.29, 0.717) is 11.2 Å². The molecule has 0 aromatic heterocycles. The molecule has 3 heteroatoms. The van der Waals surface area contributed by atoms with Crippen LogP contribution in [0, 0.1) is 41.4 Å². The van der Waals surface area contributed by atoms with Crippen LogP contribution < -0.4 is 4.74 Å². The van der Waals surface area contributed by atoms with Crippen LogP contribution in [0.5, 0.6) is 5.75 Å². The molecule has 1 aromatic carbocycles. The molecular formula is C35H52O3. The molecule has 0 aliphatic heterocycles. The molecular weight excluding hydrogens is 468 g/mol. The van der Waals surface area contributed by atoms with Gasteiger partial charge in [-0.2, -0.15) is 0 Å². The zero-order valence-corrected chi connectivity index (χ0v) is 24.6. The van der Waals surface area contributed by atoms with Crippen molar-refractivity contribution in [2.45, 2.75) is 130 Å². The maximum Gasteiger partial charge on any atom is 0.514 e. The Balaban J connectivity index is 1.18. The molecule has 0 amide bonds. The lowest BCUT2D eigenvalue weighted by Crippen LogP contribution is -2.50. The van der Waals surface area contributed by atoms with Crippen molar-refractivity contribution < 1.29 is 14.3 Å². The molecule has 0 heterocycles. The highest BCUT2D eigenvalue weighted by Crippen LogP contribution is 2.66. The van der Waals surface area contributed by atoms with Crippen LogP contribution in [0.4, 0.5) is 4.79 Å². The predicted molar refractivity (Wildman–Crippen MR) is 155 cm³/mol. The molecule has 0 bridgehead atoms. The molecule has 0 radical (unpaired) electrons. The van der Waals surface area contributed by atoms with Crippen molar-refractivity contribution in [1.29, 1.82) is 0 Å². The fraction of sp³-hybridized carbons (Fsp3) is 0.743. The molecule has 4 aliphatic rings. The van der Waals surface area contributed by atoms with Crippen molar-refractivity contribution in [3.05, 3.63) is 41.5 Å². The number of aryl methyl sites for hydroxylation is 1. The summed E-state index contributed by atoms with van der Waals surface area (Å²) in [5, 5.41) is 0. The first-order chi connectivity index (χ1) is 18.3. The van der Waals surface area contributed by atoms with Crippen molar-refractivity contribution in [2.24, 2.45) is 34.5 Å². The van der Waals surface area contributed by atoms with Gasteiger partial charge in [-0.05, 0) is 104 Å². The monoisotopic (exact) mass is 520 g/mol. The molecule has 3 fully saturated rings. The summed E-state index contributed by atoms with van der Waals surface area (Å²) in [5.41, 5.74) is 3.35. The van der Waals surface area contributed by atoms with Gasteiger partial charge in [-0.15, -0.1) is 0 Å². The summed E-state index contributed by atoms with van der Waals surface area (Å²) in [4.78, 5) is 12.6. The first-order valence-corrected chi connectivity index (χ1v) is 16.0. The van der Waals surface area contributed by atoms with Gasteiger partial charge in [-0.25, -0.2) is 4.79 Å². The highest BCUT2D eigenvalue weighted by molar-refractivity contribution is 5.64. The van der Waals surface area contributed by atoms with Crippen LogP contribution in [-0.2, 0) is 4.74 Å². The Morgan fingerprint density at radius 1 is 0.947 bits per heavy atom. The van der Waals surface area contributed by atoms with Crippen LogP contribution in [0.3, 0.4) is 0 Å². The minimum atomic E-state index is -0.557. The zero-order valence-electron chi connectivity index (χ0n) is 24.6. The third kappa shape index (κ3) is 5.46. The topological polar surface area (TPSA) is 35.5 Å². The van der Waals surface area contributed by atoms with Crippen LogP contribution in [0.2, 0.25) is 0 Å². The number of ether oxygens (including phenoxy) is 2. The maximum atomic E-state index is 12.6. The molecule has 38 heavy (non-hydrogen) atoms. The van der Waals surface area contributed by atoms with E-state index in [4.69, 9.17) is 9.47 Å². The minimum Gasteiger partial charge on any atom is -0.430 e. The molecule has 1 aromatic rings. The number of fused-ring (bicyclic) bond motifs is 5. The molecule has 0 N–H and O–H groups in total. The lowest BCUT2D eigenvalue weighted by Gasteiger charge is -2.58. The van der Waals surface area contributed by atoms with Crippen molar-refractivity contribution >= 4 is 6.16 Å². The van der Waals surface area contributed by atoms with Crippen LogP contribution >= 0.6 is 0 Å². The Labute approximate surface area is 232 Å². The van der Waals surface area contributed by atoms with Crippen molar-refractivity contribution in [3.8, 4) is 5.75 Å². The number of hydrogen-bond donors (Lipinski definition) is 0. The molecule has 0 spiro atoms. The molecule has 210 valence electrons. The second-order valence-corrected chi connectivity index (χ2v) is 13.7. The Bertz CT molecular complexity index is 997. The van der Waals surface area contributed by atoms with E-state index in [1.165, 1.54) is 77.0 Å². The Hall–Kier alpha value is -1.77. The van der Waals surface area contributed by atoms with Gasteiger partial charge in [-0.1, -0.05) is 89.1 Å². The fourth-order valence-electron chi connectivity index (χ4n) is 9.40. The lowest BCUT2D eigenvalue weighted by atomic mass is 9.47. The number of allylic oxidation sites excluding steroid dienone is 1. The summed E-state index contributed by atoms with van der Waals surface area (Å²) in [6, 6.07) is 7.62. The summed E-state index contributed by atoms with van der Waals surface area (Å²) in [6.07, 6.45) is 21.8. The summed E-state index contributed by atoms with van der Waals surface area (Å²) < 4.78 is 11.4. The summed E-state index contributed by atoms with van der Waals surface area (Å²) in [7, 11) is 0. The minimum absolute atomic E-state index is 0.0653. The number of para-hydroxylation sites is 1. The average molecular weight is 521 g/mol. The molecule has 3 saturated carbocycles. The number of carbonyl (C=O) groups is 1. The quantitative estimate of drug-likeness (QED) is 0.141. The second kappa shape index (κ2) is 11.8. The smallest absolute Gasteiger partial charge is 0.430 e. The number of carbonyl (C=O) groups excluding carboxylic acids is 1. The van der Waals surface area contributed by atoms with Crippen LogP contribution in [0.25, 0.3) is 0 Å². The summed E-state index contributed by atoms with van der Waals surface area (Å²) in [6.45, 7) is 9.48. The highest BCUT2D eigenvalue weighted by Gasteiger charge is 2.58. The largest absolute Gasteiger partial charge is 0.514 e. The van der Waals surface area contributed by atoms with Crippen LogP contribution in [-0.4, -0.2) is 12.3 Å². The van der Waals surface area contributed by atoms with Gasteiger partial charge in [0.1, 0.15) is 11.9 Å². The summed E-state index contributed by atoms with van der Waals surface area (Å²) >= 11 is 0. The SMILES string of the molecule is CCCCCCCC[C@@H]1CC[C@@H]2[C@H]3CC=C4C[C@@H](OC(=O)Oc5ccccc5C)CC[C@]4(C)[C@@H]3CC[C@]12C. The normalized spacial score (nSPS) is 36.0. The van der Waals surface area contributed by atoms with E-state index >= 15 is 0 Å². The van der Waals surface area contributed by atoms with Gasteiger partial charge < -0.3 is 9.47 Å². The lowest BCUT2D eigenvalue weighted by molar-refractivity contribution is -0.0538. The van der Waals surface area contributed by atoms with Gasteiger partial charge in [-0.3, -0.25) is 0 Å². The van der Waals surface area contributed by atoms with E-state index in [2.05, 4.69) is 26.8 Å². The third-order valence-electron chi connectivity index (χ3n) is 11.7. The van der Waals surface area contributed by atoms with Gasteiger partial charge >= 0.3 is 6.16 Å². The van der Waals surface area contributed by atoms with E-state index in [1.807, 2.05) is 31.2 Å². The third-order valence-corrected chi connectivity index (χ3v) is 11.7. The molecule has 0 unspecified atom stereocenters. The highest BCUT2D eigenvalue weighted by atomic mass is 16.7.